The van der Waals surface area contributed by atoms with Gasteiger partial charge in [-0.05, 0) is 56.0 Å². The fourth-order valence-corrected chi connectivity index (χ4v) is 5.31. The highest BCUT2D eigenvalue weighted by Crippen LogP contribution is 2.45. The fraction of sp³-hybridized carbons (Fsp3) is 0.462. The van der Waals surface area contributed by atoms with E-state index in [1.807, 2.05) is 47.9 Å². The number of nitrogens with zero attached hydrogens (tertiary/aromatic N) is 3. The van der Waals surface area contributed by atoms with E-state index < -0.39 is 11.7 Å². The molecule has 2 heterocycles. The van der Waals surface area contributed by atoms with Crippen LogP contribution in [0.4, 0.5) is 18.9 Å². The third-order valence-electron chi connectivity index (χ3n) is 7.12. The van der Waals surface area contributed by atoms with Gasteiger partial charge in [-0.25, -0.2) is 0 Å². The first-order valence-corrected chi connectivity index (χ1v) is 11.5. The van der Waals surface area contributed by atoms with Crippen LogP contribution < -0.4 is 4.90 Å². The highest BCUT2D eigenvalue weighted by molar-refractivity contribution is 5.95. The Kier molecular flexibility index (Phi) is 6.59. The molecular formula is C26H28F3N3O2. The summed E-state index contributed by atoms with van der Waals surface area (Å²) in [7, 11) is 0. The van der Waals surface area contributed by atoms with Crippen molar-refractivity contribution in [2.45, 2.75) is 26.4 Å². The Morgan fingerprint density at radius 3 is 2.68 bits per heavy atom. The number of hydrogen-bond acceptors (Lipinski definition) is 4. The number of carbonyl (C=O) groups is 1. The molecule has 0 saturated carbocycles. The van der Waals surface area contributed by atoms with Crippen molar-refractivity contribution in [3.05, 3.63) is 64.7 Å². The van der Waals surface area contributed by atoms with Crippen LogP contribution in [0.3, 0.4) is 0 Å². The zero-order valence-corrected chi connectivity index (χ0v) is 19.4. The number of carbonyl (C=O) groups excluding carboxylic acids is 1. The largest absolute Gasteiger partial charge is 0.417 e. The minimum atomic E-state index is -4.60. The number of nitriles is 1. The molecule has 5 nitrogen and oxygen atoms in total. The summed E-state index contributed by atoms with van der Waals surface area (Å²) in [6.07, 6.45) is -3.85. The molecule has 0 spiro atoms. The van der Waals surface area contributed by atoms with Gasteiger partial charge in [0.05, 0.1) is 23.8 Å². The summed E-state index contributed by atoms with van der Waals surface area (Å²) in [5.74, 6) is 0.161. The maximum Gasteiger partial charge on any atom is 0.417 e. The highest BCUT2D eigenvalue weighted by Gasteiger charge is 2.51. The van der Waals surface area contributed by atoms with Gasteiger partial charge in [0.25, 0.3) is 5.91 Å². The Hall–Kier alpha value is -3.05. The van der Waals surface area contributed by atoms with Gasteiger partial charge in [-0.3, -0.25) is 4.79 Å². The number of fused-ring (bicyclic) bond motifs is 1. The van der Waals surface area contributed by atoms with Gasteiger partial charge in [-0.1, -0.05) is 18.2 Å². The number of alkyl halides is 3. The molecule has 2 saturated heterocycles. The number of likely N-dealkylation sites (tertiary alicyclic amines) is 1. The lowest BCUT2D eigenvalue weighted by atomic mass is 9.73. The molecule has 0 bridgehead atoms. The van der Waals surface area contributed by atoms with E-state index in [2.05, 4.69) is 0 Å². The molecule has 4 rings (SSSR count). The number of amides is 1. The van der Waals surface area contributed by atoms with Crippen LogP contribution >= 0.6 is 0 Å². The summed E-state index contributed by atoms with van der Waals surface area (Å²) in [6.45, 7) is 6.94. The molecule has 180 valence electrons. The van der Waals surface area contributed by atoms with Crippen molar-refractivity contribution < 1.29 is 22.7 Å². The summed E-state index contributed by atoms with van der Waals surface area (Å²) in [4.78, 5) is 17.1. The van der Waals surface area contributed by atoms with Gasteiger partial charge in [-0.2, -0.15) is 18.4 Å². The van der Waals surface area contributed by atoms with E-state index in [1.165, 1.54) is 6.07 Å². The summed E-state index contributed by atoms with van der Waals surface area (Å²) < 4.78 is 46.5. The number of ether oxygens (including phenoxy) is 1. The number of piperidine rings is 1. The van der Waals surface area contributed by atoms with Crippen molar-refractivity contribution in [3.8, 4) is 6.07 Å². The van der Waals surface area contributed by atoms with Gasteiger partial charge in [0, 0.05) is 49.5 Å². The number of hydrogen-bond donors (Lipinski definition) is 0. The van der Waals surface area contributed by atoms with Crippen LogP contribution in [0.5, 0.6) is 0 Å². The molecule has 34 heavy (non-hydrogen) atoms. The van der Waals surface area contributed by atoms with Crippen molar-refractivity contribution in [2.24, 2.45) is 11.3 Å². The van der Waals surface area contributed by atoms with Crippen LogP contribution in [0, 0.1) is 29.6 Å². The molecule has 0 radical (unpaired) electrons. The molecule has 0 aliphatic carbocycles. The summed E-state index contributed by atoms with van der Waals surface area (Å²) in [5, 5.41) is 9.12. The van der Waals surface area contributed by atoms with Crippen LogP contribution in [0.25, 0.3) is 0 Å². The SMILES string of the molecule is CCOC[C@]12CN(C(=O)c3ccccc3C)CC[C@H]1CN(c1ccc(C#N)c(C(F)(F)F)c1)C2. The number of anilines is 1. The first-order chi connectivity index (χ1) is 16.2. The van der Waals surface area contributed by atoms with Crippen LogP contribution in [0.2, 0.25) is 0 Å². The molecule has 2 aliphatic heterocycles. The highest BCUT2D eigenvalue weighted by atomic mass is 19.4. The van der Waals surface area contributed by atoms with E-state index in [1.54, 1.807) is 12.1 Å². The molecule has 0 aromatic heterocycles. The normalized spacial score (nSPS) is 22.4. The number of rotatable bonds is 5. The van der Waals surface area contributed by atoms with E-state index in [0.717, 1.165) is 18.1 Å². The quantitative estimate of drug-likeness (QED) is 0.623. The van der Waals surface area contributed by atoms with Crippen LogP contribution in [-0.4, -0.2) is 50.2 Å². The molecule has 0 unspecified atom stereocenters. The minimum Gasteiger partial charge on any atom is -0.381 e. The molecule has 2 aliphatic rings. The second-order valence-electron chi connectivity index (χ2n) is 9.25. The van der Waals surface area contributed by atoms with Crippen LogP contribution in [-0.2, 0) is 10.9 Å². The maximum absolute atomic E-state index is 13.5. The smallest absolute Gasteiger partial charge is 0.381 e. The topological polar surface area (TPSA) is 56.6 Å². The molecule has 2 aromatic rings. The average molecular weight is 472 g/mol. The third kappa shape index (κ3) is 4.49. The number of aryl methyl sites for hydroxylation is 1. The maximum atomic E-state index is 13.5. The second kappa shape index (κ2) is 9.30. The van der Waals surface area contributed by atoms with E-state index >= 15 is 0 Å². The summed E-state index contributed by atoms with van der Waals surface area (Å²) in [6, 6.07) is 13.0. The summed E-state index contributed by atoms with van der Waals surface area (Å²) in [5.41, 5.74) is 0.347. The Bertz CT molecular complexity index is 1110. The van der Waals surface area contributed by atoms with Crippen molar-refractivity contribution in [1.82, 2.24) is 4.90 Å². The van der Waals surface area contributed by atoms with Crippen molar-refractivity contribution in [3.63, 3.8) is 0 Å². The van der Waals surface area contributed by atoms with E-state index in [4.69, 9.17) is 10.00 Å². The van der Waals surface area contributed by atoms with Gasteiger partial charge in [0.2, 0.25) is 0 Å². The predicted octanol–water partition coefficient (Wildman–Crippen LogP) is 4.89. The van der Waals surface area contributed by atoms with Crippen molar-refractivity contribution in [2.75, 3.05) is 44.3 Å². The molecule has 2 atom stereocenters. The Balaban J connectivity index is 1.62. The molecule has 2 fully saturated rings. The Labute approximate surface area is 197 Å². The number of halogens is 3. The van der Waals surface area contributed by atoms with Gasteiger partial charge >= 0.3 is 6.18 Å². The summed E-state index contributed by atoms with van der Waals surface area (Å²) >= 11 is 0. The molecule has 8 heteroatoms. The monoisotopic (exact) mass is 471 g/mol. The molecule has 0 N–H and O–H groups in total. The van der Waals surface area contributed by atoms with E-state index in [-0.39, 0.29) is 22.8 Å². The van der Waals surface area contributed by atoms with Crippen molar-refractivity contribution >= 4 is 11.6 Å². The van der Waals surface area contributed by atoms with Gasteiger partial charge in [0.1, 0.15) is 0 Å². The molecule has 1 amide bonds. The first kappa shape index (κ1) is 24.1. The van der Waals surface area contributed by atoms with Gasteiger partial charge < -0.3 is 14.5 Å². The molecular weight excluding hydrogens is 443 g/mol. The number of benzene rings is 2. The Morgan fingerprint density at radius 2 is 2.00 bits per heavy atom. The third-order valence-corrected chi connectivity index (χ3v) is 7.12. The second-order valence-corrected chi connectivity index (χ2v) is 9.25. The lowest BCUT2D eigenvalue weighted by Gasteiger charge is -2.44. The average Bonchev–Trinajstić information content (AvgIpc) is 3.20. The zero-order chi connectivity index (χ0) is 24.5. The van der Waals surface area contributed by atoms with Crippen molar-refractivity contribution in [1.29, 1.82) is 5.26 Å². The van der Waals surface area contributed by atoms with E-state index in [0.29, 0.717) is 50.6 Å². The zero-order valence-electron chi connectivity index (χ0n) is 19.4. The van der Waals surface area contributed by atoms with Gasteiger partial charge in [0.15, 0.2) is 0 Å². The minimum absolute atomic E-state index is 0.0244. The fourth-order valence-electron chi connectivity index (χ4n) is 5.31. The lowest BCUT2D eigenvalue weighted by Crippen LogP contribution is -2.53. The molecule has 2 aromatic carbocycles. The predicted molar refractivity (Wildman–Crippen MR) is 122 cm³/mol. The van der Waals surface area contributed by atoms with Gasteiger partial charge in [-0.15, -0.1) is 0 Å². The van der Waals surface area contributed by atoms with E-state index in [9.17, 15) is 18.0 Å². The van der Waals surface area contributed by atoms with Crippen LogP contribution in [0.15, 0.2) is 42.5 Å². The Morgan fingerprint density at radius 1 is 1.24 bits per heavy atom. The standard InChI is InChI=1S/C26H28F3N3O2/c1-3-34-17-25-15-31(24(33)22-7-5-4-6-18(22)2)11-10-20(25)14-32(16-25)21-9-8-19(13-30)23(12-21)26(27,28)29/h4-9,12,20H,3,10-11,14-17H2,1-2H3/t20-,25+/m0/s1. The lowest BCUT2D eigenvalue weighted by molar-refractivity contribution is -0.137. The first-order valence-electron chi connectivity index (χ1n) is 11.5. The van der Waals surface area contributed by atoms with Crippen LogP contribution in [0.1, 0.15) is 40.4 Å².